The first-order chi connectivity index (χ1) is 36.0. The zero-order valence-electron chi connectivity index (χ0n) is 47.6. The van der Waals surface area contributed by atoms with E-state index in [-0.39, 0.29) is 37.5 Å². The molecule has 0 fully saturated rings. The number of carbonyl (C=O) groups excluding carboxylic acids is 3. The third-order valence-electron chi connectivity index (χ3n) is 12.8. The van der Waals surface area contributed by atoms with Crippen LogP contribution in [0.4, 0.5) is 0 Å². The number of carbonyl (C=O) groups is 3. The van der Waals surface area contributed by atoms with Gasteiger partial charge in [0.2, 0.25) is 0 Å². The minimum Gasteiger partial charge on any atom is -0.462 e. The van der Waals surface area contributed by atoms with Crippen molar-refractivity contribution in [2.45, 2.75) is 284 Å². The number of esters is 3. The van der Waals surface area contributed by atoms with Gasteiger partial charge in [0.05, 0.1) is 0 Å². The summed E-state index contributed by atoms with van der Waals surface area (Å²) in [6, 6.07) is 0. The molecular formula is C67H112O6. The molecule has 0 amide bonds. The fourth-order valence-corrected chi connectivity index (χ4v) is 8.29. The molecule has 0 N–H and O–H groups in total. The van der Waals surface area contributed by atoms with Crippen LogP contribution in [0.1, 0.15) is 278 Å². The molecule has 6 nitrogen and oxygen atoms in total. The lowest BCUT2D eigenvalue weighted by molar-refractivity contribution is -0.167. The van der Waals surface area contributed by atoms with Gasteiger partial charge in [-0.15, -0.1) is 0 Å². The third kappa shape index (κ3) is 58.8. The summed E-state index contributed by atoms with van der Waals surface area (Å²) in [6.45, 7) is 6.37. The SMILES string of the molecule is CC/C=C\C/C=C\C/C=C\C/C=C\C/C=C\CCCC(=O)OC(COC(=O)CCCCCC/C=C\C/C=C\C/C=C\C/C=C\CC)COC(=O)CCCCCCCCCCCCCCCCCCCCCCC. The van der Waals surface area contributed by atoms with Gasteiger partial charge in [0.15, 0.2) is 6.10 Å². The molecule has 0 aromatic rings. The van der Waals surface area contributed by atoms with Gasteiger partial charge in [0, 0.05) is 19.3 Å². The number of allylic oxidation sites excluding steroid dienone is 18. The van der Waals surface area contributed by atoms with Gasteiger partial charge in [-0.2, -0.15) is 0 Å². The molecule has 0 heterocycles. The number of rotatable bonds is 54. The monoisotopic (exact) mass is 1010 g/mol. The average molecular weight is 1010 g/mol. The van der Waals surface area contributed by atoms with E-state index in [0.29, 0.717) is 19.3 Å². The topological polar surface area (TPSA) is 78.9 Å². The summed E-state index contributed by atoms with van der Waals surface area (Å²) >= 11 is 0. The maximum Gasteiger partial charge on any atom is 0.306 e. The molecule has 0 aliphatic heterocycles. The van der Waals surface area contributed by atoms with Crippen molar-refractivity contribution in [1.29, 1.82) is 0 Å². The van der Waals surface area contributed by atoms with Crippen molar-refractivity contribution in [3.05, 3.63) is 109 Å². The van der Waals surface area contributed by atoms with Crippen LogP contribution in [0.2, 0.25) is 0 Å². The summed E-state index contributed by atoms with van der Waals surface area (Å²) in [5, 5.41) is 0. The molecular weight excluding hydrogens is 901 g/mol. The highest BCUT2D eigenvalue weighted by atomic mass is 16.6. The Labute approximate surface area is 450 Å². The van der Waals surface area contributed by atoms with Crippen LogP contribution in [-0.4, -0.2) is 37.2 Å². The average Bonchev–Trinajstić information content (AvgIpc) is 3.39. The number of hydrogen-bond donors (Lipinski definition) is 0. The van der Waals surface area contributed by atoms with Crippen LogP contribution in [0.5, 0.6) is 0 Å². The highest BCUT2D eigenvalue weighted by Crippen LogP contribution is 2.16. The van der Waals surface area contributed by atoms with Crippen LogP contribution in [0.3, 0.4) is 0 Å². The lowest BCUT2D eigenvalue weighted by Crippen LogP contribution is -2.30. The van der Waals surface area contributed by atoms with Gasteiger partial charge in [0.1, 0.15) is 13.2 Å². The van der Waals surface area contributed by atoms with Crippen LogP contribution in [0.25, 0.3) is 0 Å². The van der Waals surface area contributed by atoms with E-state index in [9.17, 15) is 14.4 Å². The molecule has 0 radical (unpaired) electrons. The van der Waals surface area contributed by atoms with Crippen LogP contribution in [0.15, 0.2) is 109 Å². The largest absolute Gasteiger partial charge is 0.462 e. The molecule has 0 bridgehead atoms. The van der Waals surface area contributed by atoms with E-state index in [1.807, 2.05) is 0 Å². The summed E-state index contributed by atoms with van der Waals surface area (Å²) < 4.78 is 16.8. The summed E-state index contributed by atoms with van der Waals surface area (Å²) in [4.78, 5) is 38.2. The number of hydrogen-bond acceptors (Lipinski definition) is 6. The molecule has 73 heavy (non-hydrogen) atoms. The normalized spacial score (nSPS) is 12.9. The molecule has 0 spiro atoms. The van der Waals surface area contributed by atoms with Crippen molar-refractivity contribution in [2.24, 2.45) is 0 Å². The quantitative estimate of drug-likeness (QED) is 0.0261. The Hall–Kier alpha value is -3.93. The summed E-state index contributed by atoms with van der Waals surface area (Å²) in [6.07, 6.45) is 82.4. The van der Waals surface area contributed by atoms with Gasteiger partial charge in [0.25, 0.3) is 0 Å². The van der Waals surface area contributed by atoms with Gasteiger partial charge in [-0.3, -0.25) is 14.4 Å². The molecule has 0 aromatic heterocycles. The van der Waals surface area contributed by atoms with Crippen LogP contribution in [-0.2, 0) is 28.6 Å². The van der Waals surface area contributed by atoms with Gasteiger partial charge in [-0.25, -0.2) is 0 Å². The number of unbranched alkanes of at least 4 members (excludes halogenated alkanes) is 25. The van der Waals surface area contributed by atoms with Crippen LogP contribution < -0.4 is 0 Å². The Bertz CT molecular complexity index is 1490. The highest BCUT2D eigenvalue weighted by Gasteiger charge is 2.19. The minimum absolute atomic E-state index is 0.108. The molecule has 0 aliphatic carbocycles. The Morgan fingerprint density at radius 1 is 0.288 bits per heavy atom. The van der Waals surface area contributed by atoms with E-state index >= 15 is 0 Å². The minimum atomic E-state index is -0.820. The Morgan fingerprint density at radius 2 is 0.548 bits per heavy atom. The molecule has 1 atom stereocenters. The van der Waals surface area contributed by atoms with Crippen molar-refractivity contribution in [2.75, 3.05) is 13.2 Å². The van der Waals surface area contributed by atoms with E-state index in [2.05, 4.69) is 130 Å². The second-order valence-corrected chi connectivity index (χ2v) is 19.9. The predicted octanol–water partition coefficient (Wildman–Crippen LogP) is 20.7. The fourth-order valence-electron chi connectivity index (χ4n) is 8.29. The van der Waals surface area contributed by atoms with Crippen molar-refractivity contribution >= 4 is 17.9 Å². The van der Waals surface area contributed by atoms with E-state index in [0.717, 1.165) is 116 Å². The molecule has 0 rings (SSSR count). The fraction of sp³-hybridized carbons (Fsp3) is 0.687. The van der Waals surface area contributed by atoms with Crippen molar-refractivity contribution < 1.29 is 28.6 Å². The van der Waals surface area contributed by atoms with E-state index in [1.54, 1.807) is 0 Å². The molecule has 6 heteroatoms. The van der Waals surface area contributed by atoms with Crippen LogP contribution >= 0.6 is 0 Å². The van der Waals surface area contributed by atoms with E-state index in [1.165, 1.54) is 116 Å². The Balaban J connectivity index is 4.46. The summed E-state index contributed by atoms with van der Waals surface area (Å²) in [5.74, 6) is -0.986. The second-order valence-electron chi connectivity index (χ2n) is 19.9. The Kier molecular flexibility index (Phi) is 57.4. The van der Waals surface area contributed by atoms with Crippen LogP contribution in [0, 0.1) is 0 Å². The van der Waals surface area contributed by atoms with Crippen molar-refractivity contribution in [3.63, 3.8) is 0 Å². The third-order valence-corrected chi connectivity index (χ3v) is 12.8. The molecule has 0 saturated heterocycles. The van der Waals surface area contributed by atoms with E-state index < -0.39 is 6.10 Å². The maximum atomic E-state index is 12.9. The standard InChI is InChI=1S/C67H112O6/c1-4-7-10-13-16-19-22-25-28-31-32-33-34-37-39-42-45-48-51-54-57-60-66(69)72-63-64(73-67(70)61-58-55-52-49-46-43-40-36-30-27-24-21-18-15-12-9-6-3)62-71-65(68)59-56-53-50-47-44-41-38-35-29-26-23-20-17-14-11-8-5-2/h8-9,11-12,17-18,20-21,26-27,29-30,38,40-41,43,49,52,64H,4-7,10,13-16,19,22-25,28,31-37,39,42,44-48,50-51,53-63H2,1-3H3/b11-8-,12-9-,20-17-,21-18-,29-26-,30-27-,41-38-,43-40-,52-49-. The van der Waals surface area contributed by atoms with Crippen molar-refractivity contribution in [1.82, 2.24) is 0 Å². The van der Waals surface area contributed by atoms with Gasteiger partial charge in [-0.1, -0.05) is 271 Å². The smallest absolute Gasteiger partial charge is 0.306 e. The lowest BCUT2D eigenvalue weighted by atomic mass is 10.0. The molecule has 0 saturated carbocycles. The van der Waals surface area contributed by atoms with Gasteiger partial charge in [-0.05, 0) is 96.3 Å². The first kappa shape index (κ1) is 69.1. The second kappa shape index (κ2) is 60.6. The van der Waals surface area contributed by atoms with Gasteiger partial charge < -0.3 is 14.2 Å². The predicted molar refractivity (Wildman–Crippen MR) is 316 cm³/mol. The van der Waals surface area contributed by atoms with E-state index in [4.69, 9.17) is 14.2 Å². The highest BCUT2D eigenvalue weighted by molar-refractivity contribution is 5.71. The zero-order valence-corrected chi connectivity index (χ0v) is 47.6. The molecule has 0 aromatic carbocycles. The van der Waals surface area contributed by atoms with Crippen molar-refractivity contribution in [3.8, 4) is 0 Å². The zero-order chi connectivity index (χ0) is 52.9. The first-order valence-electron chi connectivity index (χ1n) is 30.4. The molecule has 0 aliphatic rings. The lowest BCUT2D eigenvalue weighted by Gasteiger charge is -2.18. The summed E-state index contributed by atoms with van der Waals surface area (Å²) in [7, 11) is 0. The van der Waals surface area contributed by atoms with Gasteiger partial charge >= 0.3 is 17.9 Å². The first-order valence-corrected chi connectivity index (χ1v) is 30.4. The number of ether oxygens (including phenoxy) is 3. The Morgan fingerprint density at radius 3 is 0.877 bits per heavy atom. The summed E-state index contributed by atoms with van der Waals surface area (Å²) in [5.41, 5.74) is 0. The maximum absolute atomic E-state index is 12.9. The molecule has 1 unspecified atom stereocenters. The molecule has 416 valence electrons.